The van der Waals surface area contributed by atoms with Crippen LogP contribution in [0.2, 0.25) is 0 Å². The molecule has 0 aromatic heterocycles. The second kappa shape index (κ2) is 5.28. The number of rotatable bonds is 3. The predicted octanol–water partition coefficient (Wildman–Crippen LogP) is 2.12. The van der Waals surface area contributed by atoms with Crippen LogP contribution in [0.1, 0.15) is 25.3 Å². The van der Waals surface area contributed by atoms with E-state index in [-0.39, 0.29) is 5.54 Å². The molecule has 0 atom stereocenters. The fourth-order valence-corrected chi connectivity index (χ4v) is 2.28. The lowest BCUT2D eigenvalue weighted by Crippen LogP contribution is -2.45. The zero-order valence-corrected chi connectivity index (χ0v) is 10.9. The van der Waals surface area contributed by atoms with Crippen molar-refractivity contribution < 1.29 is 4.74 Å². The first-order valence-electron chi connectivity index (χ1n) is 6.24. The number of benzene rings is 1. The van der Waals surface area contributed by atoms with E-state index in [1.165, 1.54) is 0 Å². The van der Waals surface area contributed by atoms with Gasteiger partial charge in [0.15, 0.2) is 0 Å². The molecule has 96 valence electrons. The Morgan fingerprint density at radius 3 is 2.72 bits per heavy atom. The van der Waals surface area contributed by atoms with Crippen LogP contribution in [-0.2, 0) is 0 Å². The fraction of sp³-hybridized carbons (Fsp3) is 0.500. The van der Waals surface area contributed by atoms with Crippen LogP contribution in [0.5, 0.6) is 5.75 Å². The van der Waals surface area contributed by atoms with E-state index in [1.807, 2.05) is 12.1 Å². The van der Waals surface area contributed by atoms with Gasteiger partial charge in [0.25, 0.3) is 0 Å². The van der Waals surface area contributed by atoms with Crippen LogP contribution >= 0.6 is 0 Å². The molecule has 2 rings (SSSR count). The standard InChI is InChI=1S/C14H19N3O/c1-14(5-7-16-8-6-14)17-13-9-12(18-2)4-3-11(13)10-15/h3-4,9,16-17H,5-8H2,1-2H3. The Balaban J connectivity index is 2.24. The van der Waals surface area contributed by atoms with Crippen molar-refractivity contribution in [2.24, 2.45) is 0 Å². The Bertz CT molecular complexity index is 459. The van der Waals surface area contributed by atoms with E-state index in [1.54, 1.807) is 13.2 Å². The Labute approximate surface area is 108 Å². The average Bonchev–Trinajstić information content (AvgIpc) is 2.39. The zero-order chi connectivity index (χ0) is 13.0. The maximum Gasteiger partial charge on any atom is 0.121 e. The summed E-state index contributed by atoms with van der Waals surface area (Å²) in [7, 11) is 1.64. The molecule has 0 aliphatic carbocycles. The van der Waals surface area contributed by atoms with Crippen LogP contribution in [0.25, 0.3) is 0 Å². The highest BCUT2D eigenvalue weighted by molar-refractivity contribution is 5.61. The summed E-state index contributed by atoms with van der Waals surface area (Å²) in [5.74, 6) is 0.772. The molecule has 0 saturated carbocycles. The monoisotopic (exact) mass is 245 g/mol. The highest BCUT2D eigenvalue weighted by Gasteiger charge is 2.27. The highest BCUT2D eigenvalue weighted by atomic mass is 16.5. The molecule has 0 bridgehead atoms. The van der Waals surface area contributed by atoms with Crippen LogP contribution in [0, 0.1) is 11.3 Å². The number of nitrogens with one attached hydrogen (secondary N) is 2. The highest BCUT2D eigenvalue weighted by Crippen LogP contribution is 2.28. The number of hydrogen-bond donors (Lipinski definition) is 2. The summed E-state index contributed by atoms with van der Waals surface area (Å²) in [6.07, 6.45) is 2.10. The molecule has 4 nitrogen and oxygen atoms in total. The van der Waals surface area contributed by atoms with Gasteiger partial charge in [-0.2, -0.15) is 5.26 Å². The third-order valence-corrected chi connectivity index (χ3v) is 3.49. The summed E-state index contributed by atoms with van der Waals surface area (Å²) in [5.41, 5.74) is 1.57. The van der Waals surface area contributed by atoms with E-state index in [4.69, 9.17) is 10.00 Å². The lowest BCUT2D eigenvalue weighted by Gasteiger charge is -2.36. The fourth-order valence-electron chi connectivity index (χ4n) is 2.28. The van der Waals surface area contributed by atoms with Crippen LogP contribution in [-0.4, -0.2) is 25.7 Å². The smallest absolute Gasteiger partial charge is 0.121 e. The van der Waals surface area contributed by atoms with E-state index >= 15 is 0 Å². The van der Waals surface area contributed by atoms with Crippen molar-refractivity contribution in [3.05, 3.63) is 23.8 Å². The number of nitriles is 1. The summed E-state index contributed by atoms with van der Waals surface area (Å²) in [4.78, 5) is 0. The van der Waals surface area contributed by atoms with Gasteiger partial charge in [0.2, 0.25) is 0 Å². The minimum absolute atomic E-state index is 0.0449. The maximum absolute atomic E-state index is 9.15. The van der Waals surface area contributed by atoms with Gasteiger partial charge in [0, 0.05) is 11.6 Å². The zero-order valence-electron chi connectivity index (χ0n) is 10.9. The van der Waals surface area contributed by atoms with Gasteiger partial charge in [-0.25, -0.2) is 0 Å². The van der Waals surface area contributed by atoms with Crippen LogP contribution in [0.4, 0.5) is 5.69 Å². The number of piperidine rings is 1. The molecule has 18 heavy (non-hydrogen) atoms. The van der Waals surface area contributed by atoms with Crippen molar-refractivity contribution in [2.45, 2.75) is 25.3 Å². The van der Waals surface area contributed by atoms with Gasteiger partial charge in [-0.3, -0.25) is 0 Å². The lowest BCUT2D eigenvalue weighted by atomic mass is 9.90. The number of ether oxygens (including phenoxy) is 1. The molecular weight excluding hydrogens is 226 g/mol. The first kappa shape index (κ1) is 12.7. The molecule has 1 saturated heterocycles. The molecule has 1 aromatic rings. The summed E-state index contributed by atoms with van der Waals surface area (Å²) >= 11 is 0. The number of anilines is 1. The van der Waals surface area contributed by atoms with Crippen molar-refractivity contribution in [2.75, 3.05) is 25.5 Å². The normalized spacial score (nSPS) is 17.8. The predicted molar refractivity (Wildman–Crippen MR) is 71.8 cm³/mol. The Kier molecular flexibility index (Phi) is 3.73. The van der Waals surface area contributed by atoms with E-state index in [9.17, 15) is 0 Å². The second-order valence-corrected chi connectivity index (χ2v) is 4.96. The summed E-state index contributed by atoms with van der Waals surface area (Å²) in [6, 6.07) is 7.73. The Hall–Kier alpha value is -1.73. The third-order valence-electron chi connectivity index (χ3n) is 3.49. The minimum atomic E-state index is 0.0449. The van der Waals surface area contributed by atoms with Gasteiger partial charge >= 0.3 is 0 Å². The van der Waals surface area contributed by atoms with Gasteiger partial charge in [-0.15, -0.1) is 0 Å². The van der Waals surface area contributed by atoms with Crippen LogP contribution in [0.3, 0.4) is 0 Å². The van der Waals surface area contributed by atoms with Crippen molar-refractivity contribution in [1.29, 1.82) is 5.26 Å². The van der Waals surface area contributed by atoms with Gasteiger partial charge in [-0.05, 0) is 45.0 Å². The minimum Gasteiger partial charge on any atom is -0.497 e. The van der Waals surface area contributed by atoms with E-state index in [0.29, 0.717) is 5.56 Å². The Morgan fingerprint density at radius 2 is 2.11 bits per heavy atom. The molecule has 0 radical (unpaired) electrons. The third kappa shape index (κ3) is 2.74. The molecule has 0 amide bonds. The average molecular weight is 245 g/mol. The molecule has 1 aliphatic heterocycles. The molecule has 1 aliphatic rings. The number of hydrogen-bond acceptors (Lipinski definition) is 4. The number of methoxy groups -OCH3 is 1. The first-order chi connectivity index (χ1) is 8.67. The molecule has 1 heterocycles. The molecular formula is C14H19N3O. The molecule has 2 N–H and O–H groups in total. The summed E-state index contributed by atoms with van der Waals surface area (Å²) < 4.78 is 5.21. The molecule has 0 unspecified atom stereocenters. The van der Waals surface area contributed by atoms with Crippen LogP contribution < -0.4 is 15.4 Å². The molecule has 1 fully saturated rings. The van der Waals surface area contributed by atoms with E-state index < -0.39 is 0 Å². The largest absolute Gasteiger partial charge is 0.497 e. The van der Waals surface area contributed by atoms with Gasteiger partial charge in [0.05, 0.1) is 18.4 Å². The lowest BCUT2D eigenvalue weighted by molar-refractivity contribution is 0.365. The van der Waals surface area contributed by atoms with E-state index in [0.717, 1.165) is 37.4 Å². The molecule has 0 spiro atoms. The molecule has 1 aromatic carbocycles. The second-order valence-electron chi connectivity index (χ2n) is 4.96. The van der Waals surface area contributed by atoms with Gasteiger partial charge < -0.3 is 15.4 Å². The van der Waals surface area contributed by atoms with Gasteiger partial charge in [0.1, 0.15) is 11.8 Å². The molecule has 4 heteroatoms. The quantitative estimate of drug-likeness (QED) is 0.856. The number of nitrogens with zero attached hydrogens (tertiary/aromatic N) is 1. The first-order valence-corrected chi connectivity index (χ1v) is 6.24. The van der Waals surface area contributed by atoms with Gasteiger partial charge in [-0.1, -0.05) is 0 Å². The Morgan fingerprint density at radius 1 is 1.39 bits per heavy atom. The summed E-state index contributed by atoms with van der Waals surface area (Å²) in [6.45, 7) is 4.22. The van der Waals surface area contributed by atoms with Crippen molar-refractivity contribution >= 4 is 5.69 Å². The maximum atomic E-state index is 9.15. The van der Waals surface area contributed by atoms with Crippen molar-refractivity contribution in [1.82, 2.24) is 5.32 Å². The van der Waals surface area contributed by atoms with E-state index in [2.05, 4.69) is 23.6 Å². The van der Waals surface area contributed by atoms with Crippen molar-refractivity contribution in [3.8, 4) is 11.8 Å². The van der Waals surface area contributed by atoms with Crippen LogP contribution in [0.15, 0.2) is 18.2 Å². The topological polar surface area (TPSA) is 57.1 Å². The van der Waals surface area contributed by atoms with Crippen molar-refractivity contribution in [3.63, 3.8) is 0 Å². The SMILES string of the molecule is COc1ccc(C#N)c(NC2(C)CCNCC2)c1. The summed E-state index contributed by atoms with van der Waals surface area (Å²) in [5, 5.41) is 16.0.